The number of ether oxygens (including phenoxy) is 1. The molecule has 172 valence electrons. The summed E-state index contributed by atoms with van der Waals surface area (Å²) in [5.41, 5.74) is 6.68. The van der Waals surface area contributed by atoms with Crippen molar-refractivity contribution < 1.29 is 9.53 Å². The van der Waals surface area contributed by atoms with Crippen molar-refractivity contribution in [1.29, 1.82) is 0 Å². The number of nitrogens with two attached hydrogens (primary N) is 2. The normalized spacial score (nSPS) is 14.8. The zero-order valence-electron chi connectivity index (χ0n) is 19.0. The van der Waals surface area contributed by atoms with Gasteiger partial charge in [-0.3, -0.25) is 5.43 Å². The number of hydrogen-bond donors (Lipinski definition) is 3. The van der Waals surface area contributed by atoms with E-state index >= 15 is 0 Å². The van der Waals surface area contributed by atoms with Gasteiger partial charge in [0.25, 0.3) is 5.19 Å². The van der Waals surface area contributed by atoms with Crippen LogP contribution < -0.4 is 21.8 Å². The molecule has 32 heavy (non-hydrogen) atoms. The topological polar surface area (TPSA) is 106 Å². The van der Waals surface area contributed by atoms with E-state index in [9.17, 15) is 4.79 Å². The molecule has 0 aliphatic heterocycles. The third kappa shape index (κ3) is 7.64. The zero-order chi connectivity index (χ0) is 23.3. The summed E-state index contributed by atoms with van der Waals surface area (Å²) in [5, 5.41) is 3.51. The highest BCUT2D eigenvalue weighted by Gasteiger charge is 2.15. The number of urea groups is 1. The van der Waals surface area contributed by atoms with Crippen LogP contribution in [0.4, 0.5) is 4.79 Å². The first-order valence-corrected chi connectivity index (χ1v) is 11.6. The fourth-order valence-electron chi connectivity index (χ4n) is 3.02. The Morgan fingerprint density at radius 2 is 2.22 bits per heavy atom. The van der Waals surface area contributed by atoms with E-state index in [1.54, 1.807) is 12.2 Å². The number of allylic oxidation sites excluding steroid dienone is 10. The maximum atomic E-state index is 11.9. The summed E-state index contributed by atoms with van der Waals surface area (Å²) in [4.78, 5) is 16.5. The molecule has 2 rings (SSSR count). The van der Waals surface area contributed by atoms with Gasteiger partial charge in [0.1, 0.15) is 6.61 Å². The molecule has 1 aromatic rings. The largest absolute Gasteiger partial charge is 0.465 e. The third-order valence-electron chi connectivity index (χ3n) is 4.79. The van der Waals surface area contributed by atoms with E-state index < -0.39 is 6.03 Å². The molecular weight excluding hydrogens is 422 g/mol. The SMILES string of the molecule is C/C=C/C=C\C(=C(/C)COc1nc(C2=CC=CCC(CCCC)=C2)cs1)N(N)C(=O)NN. The van der Waals surface area contributed by atoms with Gasteiger partial charge >= 0.3 is 6.03 Å². The molecule has 0 spiro atoms. The Morgan fingerprint density at radius 1 is 1.41 bits per heavy atom. The summed E-state index contributed by atoms with van der Waals surface area (Å²) in [5.74, 6) is 11.1. The van der Waals surface area contributed by atoms with Gasteiger partial charge in [0.2, 0.25) is 0 Å². The van der Waals surface area contributed by atoms with E-state index in [2.05, 4.69) is 36.2 Å². The molecule has 0 radical (unpaired) electrons. The molecule has 1 heterocycles. The molecule has 1 aliphatic carbocycles. The molecule has 5 N–H and O–H groups in total. The lowest BCUT2D eigenvalue weighted by molar-refractivity contribution is 0.212. The van der Waals surface area contributed by atoms with Gasteiger partial charge in [0, 0.05) is 11.0 Å². The van der Waals surface area contributed by atoms with Crippen molar-refractivity contribution in [2.75, 3.05) is 6.61 Å². The van der Waals surface area contributed by atoms with Crippen LogP contribution in [0.2, 0.25) is 0 Å². The smallest absolute Gasteiger partial charge is 0.350 e. The number of nitrogens with zero attached hydrogens (tertiary/aromatic N) is 2. The monoisotopic (exact) mass is 455 g/mol. The van der Waals surface area contributed by atoms with Gasteiger partial charge in [-0.25, -0.2) is 26.5 Å². The zero-order valence-corrected chi connectivity index (χ0v) is 19.8. The Balaban J connectivity index is 2.15. The lowest BCUT2D eigenvalue weighted by Gasteiger charge is -2.19. The number of unbranched alkanes of at least 4 members (excludes halogenated alkanes) is 1. The quantitative estimate of drug-likeness (QED) is 0.196. The molecular formula is C24H33N5O2S. The number of rotatable bonds is 10. The Hall–Kier alpha value is -2.94. The van der Waals surface area contributed by atoms with Crippen LogP contribution in [0.3, 0.4) is 0 Å². The second kappa shape index (κ2) is 13.5. The molecule has 0 saturated heterocycles. The lowest BCUT2D eigenvalue weighted by atomic mass is 10.0. The number of hydrazine groups is 2. The van der Waals surface area contributed by atoms with Crippen LogP contribution in [0.15, 0.2) is 70.8 Å². The molecule has 1 aromatic heterocycles. The number of aromatic nitrogens is 1. The predicted octanol–water partition coefficient (Wildman–Crippen LogP) is 5.15. The standard InChI is InChI=1S/C24H33N5O2S/c1-4-6-8-14-22(29(26)23(30)28-25)18(3)16-31-24-27-21(17-32-24)20-13-10-9-12-19(15-20)11-7-5-2/h4,6,8-10,13-15,17H,5,7,11-12,16,25-26H2,1-3H3,(H,28,30)/b6-4+,14-8-,22-18-. The molecule has 0 saturated carbocycles. The highest BCUT2D eigenvalue weighted by Crippen LogP contribution is 2.28. The summed E-state index contributed by atoms with van der Waals surface area (Å²) >= 11 is 1.44. The van der Waals surface area contributed by atoms with E-state index in [1.807, 2.05) is 36.8 Å². The average Bonchev–Trinajstić information content (AvgIpc) is 3.15. The van der Waals surface area contributed by atoms with Crippen molar-refractivity contribution in [2.45, 2.75) is 46.5 Å². The van der Waals surface area contributed by atoms with Gasteiger partial charge in [0.05, 0.1) is 11.4 Å². The predicted molar refractivity (Wildman–Crippen MR) is 132 cm³/mol. The second-order valence-corrected chi connectivity index (χ2v) is 8.14. The third-order valence-corrected chi connectivity index (χ3v) is 5.54. The molecule has 1 aliphatic rings. The van der Waals surface area contributed by atoms with Gasteiger partial charge < -0.3 is 4.74 Å². The lowest BCUT2D eigenvalue weighted by Crippen LogP contribution is -2.46. The fraction of sp³-hybridized carbons (Fsp3) is 0.333. The number of thiazole rings is 1. The summed E-state index contributed by atoms with van der Waals surface area (Å²) in [6.07, 6.45) is 20.3. The highest BCUT2D eigenvalue weighted by atomic mass is 32.1. The fourth-order valence-corrected chi connectivity index (χ4v) is 3.70. The summed E-state index contributed by atoms with van der Waals surface area (Å²) in [6.45, 7) is 6.18. The van der Waals surface area contributed by atoms with E-state index in [0.717, 1.165) is 34.7 Å². The number of amides is 2. The molecule has 0 unspecified atom stereocenters. The number of nitrogens with one attached hydrogen (secondary N) is 1. The van der Waals surface area contributed by atoms with E-state index in [1.165, 1.54) is 29.8 Å². The van der Waals surface area contributed by atoms with Crippen LogP contribution >= 0.6 is 11.3 Å². The van der Waals surface area contributed by atoms with E-state index in [4.69, 9.17) is 16.4 Å². The molecule has 0 aromatic carbocycles. The van der Waals surface area contributed by atoms with Crippen LogP contribution in [-0.2, 0) is 0 Å². The van der Waals surface area contributed by atoms with Gasteiger partial charge in [-0.15, -0.1) is 0 Å². The van der Waals surface area contributed by atoms with Gasteiger partial charge in [-0.2, -0.15) is 0 Å². The van der Waals surface area contributed by atoms with Crippen molar-refractivity contribution >= 4 is 22.9 Å². The first-order chi connectivity index (χ1) is 15.5. The Bertz CT molecular complexity index is 953. The van der Waals surface area contributed by atoms with E-state index in [0.29, 0.717) is 10.9 Å². The Labute approximate surface area is 194 Å². The van der Waals surface area contributed by atoms with Crippen molar-refractivity contribution in [3.05, 3.63) is 76.5 Å². The molecule has 0 bridgehead atoms. The minimum atomic E-state index is -0.625. The minimum absolute atomic E-state index is 0.227. The van der Waals surface area contributed by atoms with Crippen LogP contribution in [-0.4, -0.2) is 22.6 Å². The average molecular weight is 456 g/mol. The van der Waals surface area contributed by atoms with Gasteiger partial charge in [-0.05, 0) is 44.8 Å². The number of carbonyl (C=O) groups excluding carboxylic acids is 1. The van der Waals surface area contributed by atoms with Crippen LogP contribution in [0.5, 0.6) is 5.19 Å². The highest BCUT2D eigenvalue weighted by molar-refractivity contribution is 7.11. The van der Waals surface area contributed by atoms with E-state index in [-0.39, 0.29) is 6.61 Å². The van der Waals surface area contributed by atoms with Crippen LogP contribution in [0.1, 0.15) is 52.1 Å². The van der Waals surface area contributed by atoms with Gasteiger partial charge in [-0.1, -0.05) is 72.8 Å². The summed E-state index contributed by atoms with van der Waals surface area (Å²) < 4.78 is 5.90. The molecule has 7 nitrogen and oxygen atoms in total. The summed E-state index contributed by atoms with van der Waals surface area (Å²) in [7, 11) is 0. The van der Waals surface area contributed by atoms with Crippen molar-refractivity contribution in [2.24, 2.45) is 11.7 Å². The first-order valence-electron chi connectivity index (χ1n) is 10.7. The number of carbonyl (C=O) groups is 1. The molecule has 8 heteroatoms. The molecule has 0 atom stereocenters. The first kappa shape index (κ1) is 25.3. The Kier molecular flexibility index (Phi) is 10.7. The van der Waals surface area contributed by atoms with Crippen molar-refractivity contribution in [3.63, 3.8) is 0 Å². The van der Waals surface area contributed by atoms with Crippen LogP contribution in [0, 0.1) is 0 Å². The summed E-state index contributed by atoms with van der Waals surface area (Å²) in [6, 6.07) is -0.625. The van der Waals surface area contributed by atoms with Crippen molar-refractivity contribution in [1.82, 2.24) is 15.4 Å². The minimum Gasteiger partial charge on any atom is -0.465 e. The van der Waals surface area contributed by atoms with Crippen LogP contribution in [0.25, 0.3) is 5.57 Å². The second-order valence-electron chi connectivity index (χ2n) is 7.32. The Morgan fingerprint density at radius 3 is 2.94 bits per heavy atom. The maximum absolute atomic E-state index is 11.9. The van der Waals surface area contributed by atoms with Gasteiger partial charge in [0.15, 0.2) is 0 Å². The number of hydrogen-bond acceptors (Lipinski definition) is 6. The maximum Gasteiger partial charge on any atom is 0.350 e. The van der Waals surface area contributed by atoms with Crippen molar-refractivity contribution in [3.8, 4) is 5.19 Å². The molecule has 0 fully saturated rings. The molecule has 2 amide bonds.